The second-order valence-corrected chi connectivity index (χ2v) is 8.91. The quantitative estimate of drug-likeness (QED) is 0.856. The zero-order chi connectivity index (χ0) is 15.7. The van der Waals surface area contributed by atoms with E-state index in [1.807, 2.05) is 19.9 Å². The van der Waals surface area contributed by atoms with Crippen molar-refractivity contribution in [3.05, 3.63) is 23.4 Å². The number of rotatable bonds is 3. The van der Waals surface area contributed by atoms with Crippen molar-refractivity contribution >= 4 is 21.4 Å². The van der Waals surface area contributed by atoms with Gasteiger partial charge in [-0.25, -0.2) is 8.42 Å². The molecule has 0 bridgehead atoms. The monoisotopic (exact) mass is 340 g/mol. The molecule has 0 aliphatic carbocycles. The molecule has 1 saturated heterocycles. The maximum atomic E-state index is 12.8. The topological polar surface area (TPSA) is 63.4 Å². The predicted octanol–water partition coefficient (Wildman–Crippen LogP) is 3.58. The lowest BCUT2D eigenvalue weighted by Crippen LogP contribution is -2.31. The Bertz CT molecular complexity index is 754. The predicted molar refractivity (Wildman–Crippen MR) is 86.5 cm³/mol. The molecule has 3 heterocycles. The van der Waals surface area contributed by atoms with Crippen molar-refractivity contribution in [1.29, 1.82) is 0 Å². The molecule has 0 atom stereocenters. The van der Waals surface area contributed by atoms with Crippen molar-refractivity contribution in [2.75, 3.05) is 13.1 Å². The van der Waals surface area contributed by atoms with Gasteiger partial charge in [-0.15, -0.1) is 11.3 Å². The molecular weight excluding hydrogens is 320 g/mol. The zero-order valence-corrected chi connectivity index (χ0v) is 14.5. The van der Waals surface area contributed by atoms with Gasteiger partial charge in [-0.05, 0) is 38.8 Å². The van der Waals surface area contributed by atoms with Gasteiger partial charge in [-0.2, -0.15) is 4.31 Å². The first kappa shape index (κ1) is 15.7. The van der Waals surface area contributed by atoms with Gasteiger partial charge in [-0.1, -0.05) is 18.0 Å². The number of aromatic nitrogens is 1. The Labute approximate surface area is 135 Å². The second-order valence-electron chi connectivity index (χ2n) is 5.66. The smallest absolute Gasteiger partial charge is 0.252 e. The van der Waals surface area contributed by atoms with Gasteiger partial charge in [0.2, 0.25) is 0 Å². The Hall–Kier alpha value is -1.18. The summed E-state index contributed by atoms with van der Waals surface area (Å²) >= 11 is 1.26. The minimum absolute atomic E-state index is 0.387. The molecule has 1 aliphatic rings. The van der Waals surface area contributed by atoms with Crippen molar-refractivity contribution in [2.24, 2.45) is 0 Å². The molecule has 1 aliphatic heterocycles. The maximum absolute atomic E-state index is 12.8. The highest BCUT2D eigenvalue weighted by atomic mass is 32.2. The molecule has 2 aromatic rings. The average molecular weight is 340 g/mol. The molecule has 120 valence electrons. The van der Waals surface area contributed by atoms with E-state index < -0.39 is 10.0 Å². The van der Waals surface area contributed by atoms with Gasteiger partial charge in [0, 0.05) is 18.7 Å². The first-order valence-corrected chi connectivity index (χ1v) is 9.79. The molecule has 0 saturated carbocycles. The standard InChI is InChI=1S/C15H20N2O3S2/c1-11-12(2)16-20-15(11)13-7-8-14(21-13)22(18,19)17-9-5-3-4-6-10-17/h7-8H,3-6,9-10H2,1-2H3. The Balaban J connectivity index is 1.91. The van der Waals surface area contributed by atoms with E-state index in [1.165, 1.54) is 11.3 Å². The van der Waals surface area contributed by atoms with Gasteiger partial charge in [0.15, 0.2) is 5.76 Å². The number of sulfonamides is 1. The van der Waals surface area contributed by atoms with Crippen LogP contribution in [0, 0.1) is 13.8 Å². The van der Waals surface area contributed by atoms with Gasteiger partial charge in [0.25, 0.3) is 10.0 Å². The van der Waals surface area contributed by atoms with E-state index in [4.69, 9.17) is 4.52 Å². The summed E-state index contributed by atoms with van der Waals surface area (Å²) in [6.45, 7) is 5.06. The fourth-order valence-electron chi connectivity index (χ4n) is 2.64. The van der Waals surface area contributed by atoms with Gasteiger partial charge in [0.1, 0.15) is 4.21 Å². The highest BCUT2D eigenvalue weighted by molar-refractivity contribution is 7.91. The van der Waals surface area contributed by atoms with Crippen molar-refractivity contribution in [3.63, 3.8) is 0 Å². The molecule has 0 spiro atoms. The summed E-state index contributed by atoms with van der Waals surface area (Å²) in [5.41, 5.74) is 1.79. The zero-order valence-electron chi connectivity index (χ0n) is 12.8. The molecule has 22 heavy (non-hydrogen) atoms. The Morgan fingerprint density at radius 2 is 1.82 bits per heavy atom. The normalized spacial score (nSPS) is 17.5. The van der Waals surface area contributed by atoms with E-state index >= 15 is 0 Å². The fourth-order valence-corrected chi connectivity index (χ4v) is 5.65. The summed E-state index contributed by atoms with van der Waals surface area (Å²) in [6.07, 6.45) is 4.10. The van der Waals surface area contributed by atoms with Crippen LogP contribution in [0.15, 0.2) is 20.9 Å². The third-order valence-corrected chi connectivity index (χ3v) is 7.57. The van der Waals surface area contributed by atoms with E-state index in [0.29, 0.717) is 23.1 Å². The molecule has 7 heteroatoms. The summed E-state index contributed by atoms with van der Waals surface area (Å²) in [5, 5.41) is 3.94. The van der Waals surface area contributed by atoms with Crippen LogP contribution in [-0.4, -0.2) is 31.0 Å². The molecule has 0 N–H and O–H groups in total. The van der Waals surface area contributed by atoms with E-state index in [1.54, 1.807) is 10.4 Å². The Morgan fingerprint density at radius 3 is 2.41 bits per heavy atom. The van der Waals surface area contributed by atoms with E-state index in [0.717, 1.165) is 41.8 Å². The molecule has 3 rings (SSSR count). The van der Waals surface area contributed by atoms with Crippen LogP contribution in [0.3, 0.4) is 0 Å². The number of hydrogen-bond donors (Lipinski definition) is 0. The van der Waals surface area contributed by atoms with Crippen LogP contribution in [0.25, 0.3) is 10.6 Å². The van der Waals surface area contributed by atoms with Crippen molar-refractivity contribution < 1.29 is 12.9 Å². The highest BCUT2D eigenvalue weighted by Gasteiger charge is 2.27. The summed E-state index contributed by atoms with van der Waals surface area (Å²) in [4.78, 5) is 0.812. The van der Waals surface area contributed by atoms with Crippen molar-refractivity contribution in [2.45, 2.75) is 43.7 Å². The molecule has 5 nitrogen and oxygen atoms in total. The molecule has 0 radical (unpaired) electrons. The summed E-state index contributed by atoms with van der Waals surface area (Å²) in [6, 6.07) is 3.49. The molecule has 0 unspecified atom stereocenters. The van der Waals surface area contributed by atoms with E-state index in [-0.39, 0.29) is 0 Å². The third-order valence-electron chi connectivity index (χ3n) is 4.12. The Kier molecular flexibility index (Phi) is 4.38. The first-order chi connectivity index (χ1) is 10.5. The first-order valence-electron chi connectivity index (χ1n) is 7.53. The van der Waals surface area contributed by atoms with Gasteiger partial charge < -0.3 is 4.52 Å². The molecule has 0 amide bonds. The number of hydrogen-bond acceptors (Lipinski definition) is 5. The minimum atomic E-state index is -3.39. The van der Waals surface area contributed by atoms with Gasteiger partial charge >= 0.3 is 0 Å². The third kappa shape index (κ3) is 2.85. The summed E-state index contributed by atoms with van der Waals surface area (Å²) < 4.78 is 32.9. The largest absolute Gasteiger partial charge is 0.355 e. The molecule has 2 aromatic heterocycles. The fraction of sp³-hybridized carbons (Fsp3) is 0.533. The summed E-state index contributed by atoms with van der Waals surface area (Å²) in [5.74, 6) is 0.666. The van der Waals surface area contributed by atoms with E-state index in [9.17, 15) is 8.42 Å². The lowest BCUT2D eigenvalue weighted by molar-refractivity contribution is 0.425. The van der Waals surface area contributed by atoms with Crippen LogP contribution in [0.1, 0.15) is 36.9 Å². The molecule has 0 aromatic carbocycles. The minimum Gasteiger partial charge on any atom is -0.355 e. The SMILES string of the molecule is Cc1noc(-c2ccc(S(=O)(=O)N3CCCCCC3)s2)c1C. The number of nitrogens with zero attached hydrogens (tertiary/aromatic N) is 2. The maximum Gasteiger partial charge on any atom is 0.252 e. The van der Waals surface area contributed by atoms with Gasteiger partial charge in [0.05, 0.1) is 10.6 Å². The lowest BCUT2D eigenvalue weighted by Gasteiger charge is -2.18. The highest BCUT2D eigenvalue weighted by Crippen LogP contribution is 2.35. The van der Waals surface area contributed by atoms with Crippen LogP contribution < -0.4 is 0 Å². The second kappa shape index (κ2) is 6.14. The van der Waals surface area contributed by atoms with Crippen LogP contribution in [0.4, 0.5) is 0 Å². The van der Waals surface area contributed by atoms with Crippen molar-refractivity contribution in [1.82, 2.24) is 9.46 Å². The van der Waals surface area contributed by atoms with Crippen LogP contribution >= 0.6 is 11.3 Å². The van der Waals surface area contributed by atoms with Crippen LogP contribution in [-0.2, 0) is 10.0 Å². The van der Waals surface area contributed by atoms with Gasteiger partial charge in [-0.3, -0.25) is 0 Å². The van der Waals surface area contributed by atoms with Crippen molar-refractivity contribution in [3.8, 4) is 10.6 Å². The molecule has 1 fully saturated rings. The lowest BCUT2D eigenvalue weighted by atomic mass is 10.2. The van der Waals surface area contributed by atoms with Crippen LogP contribution in [0.5, 0.6) is 0 Å². The number of thiophene rings is 1. The number of aryl methyl sites for hydroxylation is 1. The molecular formula is C15H20N2O3S2. The van der Waals surface area contributed by atoms with Crippen LogP contribution in [0.2, 0.25) is 0 Å². The average Bonchev–Trinajstić information content (AvgIpc) is 2.98. The summed E-state index contributed by atoms with van der Waals surface area (Å²) in [7, 11) is -3.39. The van der Waals surface area contributed by atoms with E-state index in [2.05, 4.69) is 5.16 Å². The Morgan fingerprint density at radius 1 is 1.14 bits per heavy atom.